The topological polar surface area (TPSA) is 121 Å². The second-order valence-electron chi connectivity index (χ2n) is 11.7. The first-order valence-electron chi connectivity index (χ1n) is 18.0. The van der Waals surface area contributed by atoms with Gasteiger partial charge in [-0.15, -0.1) is 0 Å². The van der Waals surface area contributed by atoms with Crippen LogP contribution in [0.4, 0.5) is 4.79 Å². The van der Waals surface area contributed by atoms with Gasteiger partial charge in [0, 0.05) is 19.1 Å². The molecule has 1 aliphatic carbocycles. The monoisotopic (exact) mass is 705 g/mol. The highest BCUT2D eigenvalue weighted by Gasteiger charge is 2.28. The average molecular weight is 706 g/mol. The molecule has 0 saturated carbocycles. The fourth-order valence-electron chi connectivity index (χ4n) is 5.04. The van der Waals surface area contributed by atoms with Crippen molar-refractivity contribution in [2.24, 2.45) is 5.92 Å². The van der Waals surface area contributed by atoms with E-state index in [0.29, 0.717) is 131 Å². The highest BCUT2D eigenvalue weighted by molar-refractivity contribution is 5.79. The minimum Gasteiger partial charge on any atom is -0.449 e. The molecule has 1 amide bonds. The van der Waals surface area contributed by atoms with Gasteiger partial charge in [-0.05, 0) is 28.2 Å². The van der Waals surface area contributed by atoms with E-state index in [2.05, 4.69) is 43.4 Å². The Bertz CT molecular complexity index is 1090. The number of rotatable bonds is 32. The van der Waals surface area contributed by atoms with E-state index < -0.39 is 6.09 Å². The second kappa shape index (κ2) is 28.0. The molecule has 0 spiro atoms. The van der Waals surface area contributed by atoms with Gasteiger partial charge < -0.3 is 52.7 Å². The van der Waals surface area contributed by atoms with E-state index in [-0.39, 0.29) is 5.92 Å². The van der Waals surface area contributed by atoms with Gasteiger partial charge in [-0.2, -0.15) is 0 Å². The van der Waals surface area contributed by atoms with E-state index in [0.717, 1.165) is 13.0 Å². The third kappa shape index (κ3) is 18.0. The minimum absolute atomic E-state index is 0.0405. The summed E-state index contributed by atoms with van der Waals surface area (Å²) in [6, 6.07) is 16.5. The number of benzene rings is 2. The predicted molar refractivity (Wildman–Crippen MR) is 190 cm³/mol. The lowest BCUT2D eigenvalue weighted by Crippen LogP contribution is -2.29. The maximum Gasteiger partial charge on any atom is 0.407 e. The van der Waals surface area contributed by atoms with Gasteiger partial charge in [0.25, 0.3) is 0 Å². The molecular formula is C38H59NO11. The van der Waals surface area contributed by atoms with Crippen molar-refractivity contribution in [2.75, 3.05) is 132 Å². The minimum atomic E-state index is -0.449. The Labute approximate surface area is 298 Å². The molecule has 0 saturated heterocycles. The largest absolute Gasteiger partial charge is 0.449 e. The zero-order valence-corrected chi connectivity index (χ0v) is 30.1. The van der Waals surface area contributed by atoms with E-state index >= 15 is 0 Å². The average Bonchev–Trinajstić information content (AvgIpc) is 3.46. The molecule has 50 heavy (non-hydrogen) atoms. The van der Waals surface area contributed by atoms with Crippen molar-refractivity contribution in [2.45, 2.75) is 26.2 Å². The van der Waals surface area contributed by atoms with E-state index in [1.807, 2.05) is 24.3 Å². The Balaban J connectivity index is 0.975. The van der Waals surface area contributed by atoms with Crippen LogP contribution in [0.2, 0.25) is 0 Å². The summed E-state index contributed by atoms with van der Waals surface area (Å²) in [6.07, 6.45) is 0.680. The molecule has 12 heteroatoms. The Kier molecular flexibility index (Phi) is 23.4. The zero-order valence-electron chi connectivity index (χ0n) is 30.1. The summed E-state index contributed by atoms with van der Waals surface area (Å²) in [5, 5.41) is 2.74. The Hall–Kier alpha value is -2.65. The number of hydrogen-bond donors (Lipinski definition) is 1. The Morgan fingerprint density at radius 2 is 0.920 bits per heavy atom. The summed E-state index contributed by atoms with van der Waals surface area (Å²) >= 11 is 0. The van der Waals surface area contributed by atoms with Crippen molar-refractivity contribution < 1.29 is 52.2 Å². The van der Waals surface area contributed by atoms with Gasteiger partial charge in [-0.1, -0.05) is 68.8 Å². The number of amides is 1. The van der Waals surface area contributed by atoms with Gasteiger partial charge in [0.1, 0.15) is 6.61 Å². The quantitative estimate of drug-likeness (QED) is 0.107. The number of fused-ring (bicyclic) bond motifs is 3. The third-order valence-electron chi connectivity index (χ3n) is 7.93. The highest BCUT2D eigenvalue weighted by atomic mass is 16.6. The Morgan fingerprint density at radius 3 is 1.32 bits per heavy atom. The van der Waals surface area contributed by atoms with Crippen LogP contribution < -0.4 is 5.32 Å². The molecular weight excluding hydrogens is 646 g/mol. The third-order valence-corrected chi connectivity index (χ3v) is 7.93. The smallest absolute Gasteiger partial charge is 0.407 e. The lowest BCUT2D eigenvalue weighted by Gasteiger charge is -2.14. The zero-order chi connectivity index (χ0) is 35.3. The molecule has 1 atom stereocenters. The second-order valence-corrected chi connectivity index (χ2v) is 11.7. The summed E-state index contributed by atoms with van der Waals surface area (Å²) in [7, 11) is 0. The summed E-state index contributed by atoms with van der Waals surface area (Å²) < 4.78 is 55.1. The van der Waals surface area contributed by atoms with Gasteiger partial charge in [0.15, 0.2) is 0 Å². The normalized spacial score (nSPS) is 12.9. The molecule has 2 aromatic carbocycles. The maximum atomic E-state index is 12.2. The van der Waals surface area contributed by atoms with Crippen molar-refractivity contribution in [3.63, 3.8) is 0 Å². The lowest BCUT2D eigenvalue weighted by molar-refractivity contribution is -0.0254. The molecule has 0 heterocycles. The van der Waals surface area contributed by atoms with Gasteiger partial charge in [-0.3, -0.25) is 0 Å². The summed E-state index contributed by atoms with van der Waals surface area (Å²) in [6.45, 7) is 14.3. The van der Waals surface area contributed by atoms with Gasteiger partial charge >= 0.3 is 6.09 Å². The first-order valence-corrected chi connectivity index (χ1v) is 18.0. The number of carbonyl (C=O) groups is 1. The molecule has 1 unspecified atom stereocenters. The maximum absolute atomic E-state index is 12.2. The molecule has 0 aromatic heterocycles. The molecule has 2 aromatic rings. The van der Waals surface area contributed by atoms with Crippen LogP contribution >= 0.6 is 0 Å². The molecule has 0 radical (unpaired) electrons. The number of alkyl carbamates (subject to hydrolysis) is 1. The lowest BCUT2D eigenvalue weighted by atomic mass is 9.98. The summed E-state index contributed by atoms with van der Waals surface area (Å²) in [4.78, 5) is 12.2. The van der Waals surface area contributed by atoms with Gasteiger partial charge in [-0.25, -0.2) is 4.79 Å². The molecule has 1 N–H and O–H groups in total. The van der Waals surface area contributed by atoms with Crippen molar-refractivity contribution >= 4 is 6.09 Å². The van der Waals surface area contributed by atoms with Crippen LogP contribution in [0.15, 0.2) is 48.5 Å². The molecule has 0 aliphatic heterocycles. The fourth-order valence-corrected chi connectivity index (χ4v) is 5.04. The number of carbonyl (C=O) groups excluding carboxylic acids is 1. The van der Waals surface area contributed by atoms with Crippen LogP contribution in [0.5, 0.6) is 0 Å². The van der Waals surface area contributed by atoms with Crippen LogP contribution in [0.3, 0.4) is 0 Å². The Morgan fingerprint density at radius 1 is 0.560 bits per heavy atom. The van der Waals surface area contributed by atoms with E-state index in [1.54, 1.807) is 0 Å². The first kappa shape index (κ1) is 41.8. The van der Waals surface area contributed by atoms with Crippen molar-refractivity contribution in [3.8, 4) is 11.1 Å². The van der Waals surface area contributed by atoms with Crippen molar-refractivity contribution in [1.82, 2.24) is 5.32 Å². The summed E-state index contributed by atoms with van der Waals surface area (Å²) in [5.41, 5.74) is 4.78. The summed E-state index contributed by atoms with van der Waals surface area (Å²) in [5.74, 6) is 0.633. The van der Waals surface area contributed by atoms with Gasteiger partial charge in [0.2, 0.25) is 0 Å². The molecule has 3 rings (SSSR count). The molecule has 12 nitrogen and oxygen atoms in total. The number of nitrogens with one attached hydrogen (secondary N) is 1. The molecule has 282 valence electrons. The van der Waals surface area contributed by atoms with Crippen LogP contribution in [0.25, 0.3) is 11.1 Å². The van der Waals surface area contributed by atoms with Crippen LogP contribution in [0, 0.1) is 5.92 Å². The predicted octanol–water partition coefficient (Wildman–Crippen LogP) is 4.72. The van der Waals surface area contributed by atoms with E-state index in [1.165, 1.54) is 22.3 Å². The van der Waals surface area contributed by atoms with Crippen LogP contribution in [-0.4, -0.2) is 138 Å². The molecule has 1 aliphatic rings. The fraction of sp³-hybridized carbons (Fsp3) is 0.658. The molecule has 0 bridgehead atoms. The van der Waals surface area contributed by atoms with Crippen molar-refractivity contribution in [3.05, 3.63) is 59.7 Å². The van der Waals surface area contributed by atoms with E-state index in [4.69, 9.17) is 47.4 Å². The highest BCUT2D eigenvalue weighted by Crippen LogP contribution is 2.44. The van der Waals surface area contributed by atoms with Crippen molar-refractivity contribution in [1.29, 1.82) is 0 Å². The van der Waals surface area contributed by atoms with E-state index in [9.17, 15) is 4.79 Å². The van der Waals surface area contributed by atoms with Crippen LogP contribution in [0.1, 0.15) is 37.3 Å². The van der Waals surface area contributed by atoms with Gasteiger partial charge in [0.05, 0.1) is 112 Å². The number of ether oxygens (including phenoxy) is 10. The van der Waals surface area contributed by atoms with Crippen LogP contribution in [-0.2, 0) is 47.4 Å². The first-order chi connectivity index (χ1) is 24.7. The SMILES string of the molecule is CCC(C)COCCOCCOCCOCCOCCOCCOCCOCCOCCNC(=O)OCC1c2ccccc2-c2ccccc21. The number of hydrogen-bond acceptors (Lipinski definition) is 11. The standard InChI is InChI=1S/C38H59NO11/c1-3-32(2)30-49-29-28-48-27-26-47-25-24-46-23-22-45-21-20-44-19-18-43-17-16-42-15-14-41-13-12-39-38(40)50-31-37-35-10-6-4-8-33(35)34-9-5-7-11-36(34)37/h4-11,32,37H,3,12-31H2,1-2H3,(H,39,40). The molecule has 0 fully saturated rings.